The van der Waals surface area contributed by atoms with Crippen molar-refractivity contribution in [1.29, 1.82) is 0 Å². The molecule has 0 unspecified atom stereocenters. The highest BCUT2D eigenvalue weighted by Crippen LogP contribution is 2.42. The fourth-order valence-electron chi connectivity index (χ4n) is 2.30. The standard InChI is InChI=1S/C16H23/c1-11(2)14-10-13(12-6-7-12)8-9-15(14)16(3,4)5/h8-10,12H,6-7H2,1-5H3. The molecular formula is C16H23. The molecule has 0 spiro atoms. The van der Waals surface area contributed by atoms with Gasteiger partial charge in [-0.2, -0.15) is 0 Å². The Hall–Kier alpha value is -0.780. The summed E-state index contributed by atoms with van der Waals surface area (Å²) in [4.78, 5) is 0. The lowest BCUT2D eigenvalue weighted by Crippen LogP contribution is -2.15. The maximum Gasteiger partial charge on any atom is -0.000891 e. The minimum atomic E-state index is 0.245. The molecule has 1 fully saturated rings. The summed E-state index contributed by atoms with van der Waals surface area (Å²) < 4.78 is 0. The van der Waals surface area contributed by atoms with Gasteiger partial charge in [0.15, 0.2) is 0 Å². The Morgan fingerprint density at radius 3 is 2.19 bits per heavy atom. The molecule has 0 heterocycles. The Kier molecular flexibility index (Phi) is 2.86. The molecule has 2 rings (SSSR count). The van der Waals surface area contributed by atoms with Gasteiger partial charge in [-0.3, -0.25) is 0 Å². The highest BCUT2D eigenvalue weighted by atomic mass is 14.3. The molecule has 1 aliphatic rings. The van der Waals surface area contributed by atoms with Gasteiger partial charge in [-0.1, -0.05) is 52.8 Å². The molecule has 1 radical (unpaired) electrons. The van der Waals surface area contributed by atoms with Crippen LogP contribution in [0.3, 0.4) is 0 Å². The molecule has 0 N–H and O–H groups in total. The number of benzene rings is 1. The Bertz CT molecular complexity index is 376. The SMILES string of the molecule is C[C](C)c1cc(C2CC2)ccc1C(C)(C)C. The van der Waals surface area contributed by atoms with Crippen LogP contribution in [0.15, 0.2) is 18.2 Å². The maximum atomic E-state index is 2.42. The van der Waals surface area contributed by atoms with Crippen molar-refractivity contribution in [3.05, 3.63) is 40.8 Å². The smallest absolute Gasteiger partial charge is 0.000891 e. The van der Waals surface area contributed by atoms with Gasteiger partial charge in [0.2, 0.25) is 0 Å². The molecule has 0 bridgehead atoms. The zero-order valence-electron chi connectivity index (χ0n) is 11.2. The van der Waals surface area contributed by atoms with E-state index in [0.717, 1.165) is 5.92 Å². The average molecular weight is 215 g/mol. The minimum Gasteiger partial charge on any atom is -0.0584 e. The third kappa shape index (κ3) is 2.31. The second-order valence-corrected chi connectivity index (χ2v) is 6.33. The number of hydrogen-bond acceptors (Lipinski definition) is 0. The van der Waals surface area contributed by atoms with Gasteiger partial charge in [0, 0.05) is 0 Å². The summed E-state index contributed by atoms with van der Waals surface area (Å²) >= 11 is 0. The van der Waals surface area contributed by atoms with Crippen molar-refractivity contribution in [1.82, 2.24) is 0 Å². The Morgan fingerprint density at radius 2 is 1.75 bits per heavy atom. The first-order valence-electron chi connectivity index (χ1n) is 6.34. The van der Waals surface area contributed by atoms with Crippen molar-refractivity contribution in [2.24, 2.45) is 0 Å². The van der Waals surface area contributed by atoms with Crippen LogP contribution in [0.5, 0.6) is 0 Å². The molecule has 0 aliphatic heterocycles. The summed E-state index contributed by atoms with van der Waals surface area (Å²) in [5.41, 5.74) is 4.74. The van der Waals surface area contributed by atoms with Crippen LogP contribution in [0.4, 0.5) is 0 Å². The van der Waals surface area contributed by atoms with Crippen molar-refractivity contribution in [2.45, 2.75) is 58.8 Å². The molecule has 0 amide bonds. The summed E-state index contributed by atoms with van der Waals surface area (Å²) in [6.07, 6.45) is 2.77. The van der Waals surface area contributed by atoms with Crippen LogP contribution < -0.4 is 0 Å². The summed E-state index contributed by atoms with van der Waals surface area (Å²) in [5.74, 6) is 2.29. The zero-order chi connectivity index (χ0) is 11.9. The highest BCUT2D eigenvalue weighted by molar-refractivity contribution is 5.45. The molecule has 0 heteroatoms. The van der Waals surface area contributed by atoms with Crippen molar-refractivity contribution in [3.8, 4) is 0 Å². The quantitative estimate of drug-likeness (QED) is 0.663. The van der Waals surface area contributed by atoms with Gasteiger partial charge in [0.25, 0.3) is 0 Å². The van der Waals surface area contributed by atoms with Crippen LogP contribution >= 0.6 is 0 Å². The van der Waals surface area contributed by atoms with Crippen molar-refractivity contribution in [3.63, 3.8) is 0 Å². The first-order chi connectivity index (χ1) is 7.39. The van der Waals surface area contributed by atoms with Gasteiger partial charge in [-0.05, 0) is 46.8 Å². The average Bonchev–Trinajstić information content (AvgIpc) is 2.98. The third-order valence-corrected chi connectivity index (χ3v) is 3.44. The lowest BCUT2D eigenvalue weighted by Gasteiger charge is -2.25. The normalized spacial score (nSPS) is 16.9. The maximum absolute atomic E-state index is 2.42. The lowest BCUT2D eigenvalue weighted by molar-refractivity contribution is 0.584. The minimum absolute atomic E-state index is 0.245. The number of rotatable bonds is 2. The molecule has 0 nitrogen and oxygen atoms in total. The van der Waals surface area contributed by atoms with E-state index in [1.54, 1.807) is 5.56 Å². The van der Waals surface area contributed by atoms with Crippen LogP contribution in [-0.2, 0) is 5.41 Å². The van der Waals surface area contributed by atoms with Crippen LogP contribution in [0, 0.1) is 5.92 Å². The van der Waals surface area contributed by atoms with Gasteiger partial charge in [0.05, 0.1) is 0 Å². The second kappa shape index (κ2) is 3.91. The summed E-state index contributed by atoms with van der Waals surface area (Å²) in [6.45, 7) is 11.3. The van der Waals surface area contributed by atoms with E-state index in [1.165, 1.54) is 29.9 Å². The van der Waals surface area contributed by atoms with Crippen LogP contribution in [0.1, 0.15) is 70.1 Å². The second-order valence-electron chi connectivity index (χ2n) is 6.33. The van der Waals surface area contributed by atoms with Gasteiger partial charge < -0.3 is 0 Å². The van der Waals surface area contributed by atoms with Crippen molar-refractivity contribution >= 4 is 0 Å². The van der Waals surface area contributed by atoms with E-state index >= 15 is 0 Å². The van der Waals surface area contributed by atoms with Crippen LogP contribution in [0.25, 0.3) is 0 Å². The Morgan fingerprint density at radius 1 is 1.12 bits per heavy atom. The van der Waals surface area contributed by atoms with Gasteiger partial charge in [-0.25, -0.2) is 0 Å². The molecule has 0 atom stereocenters. The molecule has 1 saturated carbocycles. The Labute approximate surface area is 100 Å². The van der Waals surface area contributed by atoms with E-state index in [9.17, 15) is 0 Å². The summed E-state index contributed by atoms with van der Waals surface area (Å²) in [7, 11) is 0. The topological polar surface area (TPSA) is 0 Å². The number of hydrogen-bond donors (Lipinski definition) is 0. The van der Waals surface area contributed by atoms with E-state index in [2.05, 4.69) is 52.8 Å². The largest absolute Gasteiger partial charge is 0.0584 e. The van der Waals surface area contributed by atoms with Gasteiger partial charge >= 0.3 is 0 Å². The lowest BCUT2D eigenvalue weighted by atomic mass is 9.80. The van der Waals surface area contributed by atoms with E-state index < -0.39 is 0 Å². The fraction of sp³-hybridized carbons (Fsp3) is 0.562. The third-order valence-electron chi connectivity index (χ3n) is 3.44. The predicted octanol–water partition coefficient (Wildman–Crippen LogP) is 4.82. The van der Waals surface area contributed by atoms with E-state index in [1.807, 2.05) is 0 Å². The van der Waals surface area contributed by atoms with E-state index in [4.69, 9.17) is 0 Å². The first-order valence-corrected chi connectivity index (χ1v) is 6.34. The zero-order valence-corrected chi connectivity index (χ0v) is 11.2. The summed E-state index contributed by atoms with van der Waals surface area (Å²) in [5, 5.41) is 0. The van der Waals surface area contributed by atoms with Crippen LogP contribution in [0.2, 0.25) is 0 Å². The van der Waals surface area contributed by atoms with Gasteiger partial charge in [-0.15, -0.1) is 0 Å². The van der Waals surface area contributed by atoms with E-state index in [-0.39, 0.29) is 5.41 Å². The molecule has 87 valence electrons. The van der Waals surface area contributed by atoms with Crippen molar-refractivity contribution in [2.75, 3.05) is 0 Å². The fourth-order valence-corrected chi connectivity index (χ4v) is 2.30. The van der Waals surface area contributed by atoms with Gasteiger partial charge in [0.1, 0.15) is 0 Å². The Balaban J connectivity index is 2.44. The molecule has 16 heavy (non-hydrogen) atoms. The molecule has 1 aromatic carbocycles. The van der Waals surface area contributed by atoms with E-state index in [0.29, 0.717) is 0 Å². The van der Waals surface area contributed by atoms with Crippen LogP contribution in [-0.4, -0.2) is 0 Å². The molecule has 0 aromatic heterocycles. The van der Waals surface area contributed by atoms with Crippen molar-refractivity contribution < 1.29 is 0 Å². The first kappa shape index (κ1) is 11.7. The molecule has 1 aromatic rings. The molecular weight excluding hydrogens is 192 g/mol. The highest BCUT2D eigenvalue weighted by Gasteiger charge is 2.26. The predicted molar refractivity (Wildman–Crippen MR) is 70.8 cm³/mol. The molecule has 1 aliphatic carbocycles. The summed E-state index contributed by atoms with van der Waals surface area (Å²) in [6, 6.07) is 7.11. The molecule has 0 saturated heterocycles. The monoisotopic (exact) mass is 215 g/mol.